The Kier molecular flexibility index (Phi) is 6.37. The van der Waals surface area contributed by atoms with E-state index in [9.17, 15) is 17.6 Å². The van der Waals surface area contributed by atoms with E-state index >= 15 is 0 Å². The highest BCUT2D eigenvalue weighted by atomic mass is 35.5. The summed E-state index contributed by atoms with van der Waals surface area (Å²) in [5.41, 5.74) is 3.69. The first-order valence-corrected chi connectivity index (χ1v) is 5.86. The highest BCUT2D eigenvalue weighted by Gasteiger charge is 2.25. The summed E-state index contributed by atoms with van der Waals surface area (Å²) in [6.07, 6.45) is 0.604. The van der Waals surface area contributed by atoms with Gasteiger partial charge in [-0.2, -0.15) is 0 Å². The molecule has 0 fully saturated rings. The van der Waals surface area contributed by atoms with Crippen LogP contribution in [0.4, 0.5) is 4.39 Å². The zero-order valence-corrected chi connectivity index (χ0v) is 10.4. The van der Waals surface area contributed by atoms with Gasteiger partial charge in [-0.15, -0.1) is 12.4 Å². The monoisotopic (exact) mass is 262 g/mol. The summed E-state index contributed by atoms with van der Waals surface area (Å²) >= 11 is 0. The Balaban J connectivity index is 0. The van der Waals surface area contributed by atoms with E-state index in [0.717, 1.165) is 6.26 Å². The topological polar surface area (TPSA) is 89.3 Å². The van der Waals surface area contributed by atoms with Gasteiger partial charge >= 0.3 is 0 Å². The lowest BCUT2D eigenvalue weighted by molar-refractivity contribution is -0.121. The average molecular weight is 263 g/mol. The van der Waals surface area contributed by atoms with Gasteiger partial charge in [0.15, 0.2) is 0 Å². The maximum Gasteiger partial charge on any atom is 0.250 e. The van der Waals surface area contributed by atoms with Crippen molar-refractivity contribution in [1.82, 2.24) is 4.72 Å². The molecule has 0 bridgehead atoms. The van der Waals surface area contributed by atoms with Gasteiger partial charge in [0.1, 0.15) is 5.67 Å². The number of hydrogen-bond donors (Lipinski definition) is 2. The quantitative estimate of drug-likeness (QED) is 0.743. The van der Waals surface area contributed by atoms with Gasteiger partial charge in [-0.1, -0.05) is 0 Å². The van der Waals surface area contributed by atoms with Crippen LogP contribution >= 0.6 is 12.4 Å². The normalized spacial score (nSPS) is 13.9. The Labute approximate surface area is 95.1 Å². The van der Waals surface area contributed by atoms with E-state index in [0.29, 0.717) is 0 Å². The lowest BCUT2D eigenvalue weighted by Crippen LogP contribution is -2.45. The number of hydrogen-bond acceptors (Lipinski definition) is 4. The number of nitrogens with one attached hydrogen (secondary N) is 1. The summed E-state index contributed by atoms with van der Waals surface area (Å²) < 4.78 is 36.0. The van der Waals surface area contributed by atoms with E-state index in [1.165, 1.54) is 13.8 Å². The number of carbonyl (C=O) groups is 1. The lowest BCUT2D eigenvalue weighted by Gasteiger charge is -2.18. The molecule has 15 heavy (non-hydrogen) atoms. The van der Waals surface area contributed by atoms with E-state index < -0.39 is 27.6 Å². The summed E-state index contributed by atoms with van der Waals surface area (Å²) in [4.78, 5) is 11.1. The standard InChI is InChI=1S/C7H15FN2O3S.ClH/c1-7(2,8)4-5(9)6(11)10-14(3,12)13;/h5H,4,9H2,1-3H3,(H,10,11);1H. The number of nitrogens with two attached hydrogens (primary N) is 1. The molecule has 0 saturated carbocycles. The van der Waals surface area contributed by atoms with Crippen molar-refractivity contribution in [3.05, 3.63) is 0 Å². The molecule has 92 valence electrons. The lowest BCUT2D eigenvalue weighted by atomic mass is 10.0. The Hall–Kier alpha value is -0.400. The predicted molar refractivity (Wildman–Crippen MR) is 58.0 cm³/mol. The molecule has 0 aliphatic rings. The summed E-state index contributed by atoms with van der Waals surface area (Å²) in [5, 5.41) is 0. The SMILES string of the molecule is CC(C)(F)CC(N)C(=O)NS(C)(=O)=O.Cl. The molecule has 0 heterocycles. The number of halogens is 2. The fourth-order valence-electron chi connectivity index (χ4n) is 0.874. The second-order valence-corrected chi connectivity index (χ2v) is 5.52. The maximum absolute atomic E-state index is 13.0. The van der Waals surface area contributed by atoms with Gasteiger partial charge in [0.25, 0.3) is 0 Å². The van der Waals surface area contributed by atoms with Crippen LogP contribution in [0.5, 0.6) is 0 Å². The van der Waals surface area contributed by atoms with Crippen molar-refractivity contribution in [2.24, 2.45) is 5.73 Å². The smallest absolute Gasteiger partial charge is 0.250 e. The zero-order valence-electron chi connectivity index (χ0n) is 8.78. The second kappa shape index (κ2) is 5.62. The number of carbonyl (C=O) groups excluding carboxylic acids is 1. The number of rotatable bonds is 4. The molecular weight excluding hydrogens is 247 g/mol. The first kappa shape index (κ1) is 17.0. The summed E-state index contributed by atoms with van der Waals surface area (Å²) in [7, 11) is -3.63. The van der Waals surface area contributed by atoms with Crippen LogP contribution in [0.15, 0.2) is 0 Å². The van der Waals surface area contributed by atoms with E-state index in [4.69, 9.17) is 5.73 Å². The van der Waals surface area contributed by atoms with Crippen molar-refractivity contribution in [1.29, 1.82) is 0 Å². The van der Waals surface area contributed by atoms with Gasteiger partial charge in [-0.25, -0.2) is 12.8 Å². The molecule has 8 heteroatoms. The average Bonchev–Trinajstić information content (AvgIpc) is 1.78. The minimum absolute atomic E-state index is 0. The Morgan fingerprint density at radius 2 is 1.93 bits per heavy atom. The van der Waals surface area contributed by atoms with Crippen molar-refractivity contribution >= 4 is 28.3 Å². The second-order valence-electron chi connectivity index (χ2n) is 3.77. The molecule has 0 saturated heterocycles. The largest absolute Gasteiger partial charge is 0.320 e. The van der Waals surface area contributed by atoms with E-state index in [1.807, 2.05) is 0 Å². The number of sulfonamides is 1. The Morgan fingerprint density at radius 1 is 1.53 bits per heavy atom. The van der Waals surface area contributed by atoms with E-state index in [-0.39, 0.29) is 18.8 Å². The number of alkyl halides is 1. The molecule has 3 N–H and O–H groups in total. The van der Waals surface area contributed by atoms with Gasteiger partial charge in [-0.05, 0) is 13.8 Å². The third-order valence-corrected chi connectivity index (χ3v) is 1.90. The summed E-state index contributed by atoms with van der Waals surface area (Å²) in [6, 6.07) is -1.16. The van der Waals surface area contributed by atoms with Gasteiger partial charge < -0.3 is 5.73 Å². The van der Waals surface area contributed by atoms with Crippen LogP contribution in [0.25, 0.3) is 0 Å². The minimum atomic E-state index is -3.63. The van der Waals surface area contributed by atoms with Crippen molar-refractivity contribution in [3.8, 4) is 0 Å². The molecule has 0 radical (unpaired) electrons. The zero-order chi connectivity index (χ0) is 11.6. The third kappa shape index (κ3) is 9.89. The Bertz CT molecular complexity index is 313. The van der Waals surface area contributed by atoms with Crippen LogP contribution in [-0.2, 0) is 14.8 Å². The molecule has 0 aromatic heterocycles. The van der Waals surface area contributed by atoms with Gasteiger partial charge in [-0.3, -0.25) is 9.52 Å². The first-order valence-electron chi connectivity index (χ1n) is 3.97. The molecule has 0 rings (SSSR count). The van der Waals surface area contributed by atoms with Crippen LogP contribution in [0.2, 0.25) is 0 Å². The van der Waals surface area contributed by atoms with Crippen LogP contribution in [0.3, 0.4) is 0 Å². The van der Waals surface area contributed by atoms with Gasteiger partial charge in [0, 0.05) is 6.42 Å². The highest BCUT2D eigenvalue weighted by Crippen LogP contribution is 2.15. The molecule has 0 aliphatic heterocycles. The summed E-state index contributed by atoms with van der Waals surface area (Å²) in [6.45, 7) is 2.53. The first-order chi connectivity index (χ1) is 6.01. The highest BCUT2D eigenvalue weighted by molar-refractivity contribution is 7.89. The fraction of sp³-hybridized carbons (Fsp3) is 0.857. The third-order valence-electron chi connectivity index (χ3n) is 1.33. The molecule has 1 atom stereocenters. The van der Waals surface area contributed by atoms with E-state index in [1.54, 1.807) is 4.72 Å². The van der Waals surface area contributed by atoms with Crippen molar-refractivity contribution in [3.63, 3.8) is 0 Å². The molecule has 0 aliphatic carbocycles. The fourth-order valence-corrected chi connectivity index (χ4v) is 1.39. The predicted octanol–water partition coefficient (Wildman–Crippen LogP) is -0.0505. The maximum atomic E-state index is 13.0. The van der Waals surface area contributed by atoms with E-state index in [2.05, 4.69) is 0 Å². The molecule has 1 unspecified atom stereocenters. The summed E-state index contributed by atoms with van der Waals surface area (Å²) in [5.74, 6) is -0.891. The van der Waals surface area contributed by atoms with Crippen LogP contribution < -0.4 is 10.5 Å². The molecule has 0 spiro atoms. The Morgan fingerprint density at radius 3 is 2.20 bits per heavy atom. The van der Waals surface area contributed by atoms with Crippen LogP contribution in [0.1, 0.15) is 20.3 Å². The van der Waals surface area contributed by atoms with Crippen molar-refractivity contribution < 1.29 is 17.6 Å². The van der Waals surface area contributed by atoms with Crippen LogP contribution in [-0.4, -0.2) is 32.3 Å². The van der Waals surface area contributed by atoms with Crippen molar-refractivity contribution in [2.75, 3.05) is 6.26 Å². The number of amides is 1. The minimum Gasteiger partial charge on any atom is -0.320 e. The van der Waals surface area contributed by atoms with Crippen LogP contribution in [0, 0.1) is 0 Å². The molecule has 1 amide bonds. The molecule has 0 aromatic carbocycles. The van der Waals surface area contributed by atoms with Gasteiger partial charge in [0.2, 0.25) is 15.9 Å². The van der Waals surface area contributed by atoms with Crippen molar-refractivity contribution in [2.45, 2.75) is 32.0 Å². The van der Waals surface area contributed by atoms with Gasteiger partial charge in [0.05, 0.1) is 12.3 Å². The molecule has 5 nitrogen and oxygen atoms in total. The molecule has 0 aromatic rings. The molecular formula is C7H16ClFN2O3S.